The summed E-state index contributed by atoms with van der Waals surface area (Å²) in [6.45, 7) is 16.7. The van der Waals surface area contributed by atoms with Gasteiger partial charge in [-0.15, -0.1) is 0 Å². The van der Waals surface area contributed by atoms with Crippen molar-refractivity contribution in [3.63, 3.8) is 0 Å². The predicted molar refractivity (Wildman–Crippen MR) is 123 cm³/mol. The van der Waals surface area contributed by atoms with E-state index in [1.54, 1.807) is 7.11 Å². The predicted octanol–water partition coefficient (Wildman–Crippen LogP) is 6.67. The molecule has 0 saturated carbocycles. The van der Waals surface area contributed by atoms with E-state index in [0.717, 1.165) is 32.1 Å². The highest BCUT2D eigenvalue weighted by Gasteiger charge is 2.45. The van der Waals surface area contributed by atoms with Crippen LogP contribution in [0.1, 0.15) is 93.4 Å². The van der Waals surface area contributed by atoms with E-state index in [1.165, 1.54) is 12.8 Å². The van der Waals surface area contributed by atoms with Crippen molar-refractivity contribution in [2.45, 2.75) is 118 Å². The molecule has 2 heterocycles. The van der Waals surface area contributed by atoms with Crippen molar-refractivity contribution in [3.8, 4) is 0 Å². The van der Waals surface area contributed by atoms with Crippen molar-refractivity contribution in [3.05, 3.63) is 0 Å². The van der Waals surface area contributed by atoms with Crippen molar-refractivity contribution < 1.29 is 18.9 Å². The molecule has 2 saturated heterocycles. The van der Waals surface area contributed by atoms with Crippen molar-refractivity contribution >= 4 is 0 Å². The highest BCUT2D eigenvalue weighted by Crippen LogP contribution is 2.43. The van der Waals surface area contributed by atoms with E-state index in [1.807, 2.05) is 0 Å². The first kappa shape index (κ1) is 26.1. The summed E-state index contributed by atoms with van der Waals surface area (Å²) >= 11 is 0. The zero-order chi connectivity index (χ0) is 22.3. The molecule has 4 nitrogen and oxygen atoms in total. The molecular formula is C26H50O4. The highest BCUT2D eigenvalue weighted by atomic mass is 16.7. The van der Waals surface area contributed by atoms with Crippen molar-refractivity contribution in [2.24, 2.45) is 35.5 Å². The number of hydrogen-bond acceptors (Lipinski definition) is 4. The van der Waals surface area contributed by atoms with E-state index in [-0.39, 0.29) is 18.7 Å². The normalized spacial score (nSPS) is 42.4. The summed E-state index contributed by atoms with van der Waals surface area (Å²) < 4.78 is 25.4. The zero-order valence-corrected chi connectivity index (χ0v) is 21.1. The molecule has 2 fully saturated rings. The first-order valence-corrected chi connectivity index (χ1v) is 13.0. The Hall–Kier alpha value is -0.160. The molecule has 0 bridgehead atoms. The Kier molecular flexibility index (Phi) is 11.1. The van der Waals surface area contributed by atoms with Gasteiger partial charge in [0.05, 0.1) is 18.8 Å². The third kappa shape index (κ3) is 5.60. The molecule has 10 atom stereocenters. The Bertz CT molecular complexity index is 464. The molecule has 2 aliphatic heterocycles. The van der Waals surface area contributed by atoms with Gasteiger partial charge in [0.25, 0.3) is 0 Å². The number of hydrogen-bond donors (Lipinski definition) is 0. The quantitative estimate of drug-likeness (QED) is 0.370. The Balaban J connectivity index is 2.13. The summed E-state index contributed by atoms with van der Waals surface area (Å²) in [6, 6.07) is 0. The van der Waals surface area contributed by atoms with E-state index in [0.29, 0.717) is 48.2 Å². The van der Waals surface area contributed by atoms with Crippen molar-refractivity contribution in [1.29, 1.82) is 0 Å². The first-order valence-electron chi connectivity index (χ1n) is 13.0. The summed E-state index contributed by atoms with van der Waals surface area (Å²) in [5.41, 5.74) is 0. The monoisotopic (exact) mass is 426 g/mol. The molecule has 30 heavy (non-hydrogen) atoms. The second-order valence-electron chi connectivity index (χ2n) is 9.66. The fourth-order valence-electron chi connectivity index (χ4n) is 6.63. The molecule has 4 heteroatoms. The molecule has 6 unspecified atom stereocenters. The van der Waals surface area contributed by atoms with Crippen LogP contribution in [0.4, 0.5) is 0 Å². The third-order valence-corrected chi connectivity index (χ3v) is 8.29. The first-order chi connectivity index (χ1) is 14.5. The molecule has 0 aromatic heterocycles. The van der Waals surface area contributed by atoms with Crippen LogP contribution in [0.3, 0.4) is 0 Å². The fraction of sp³-hybridized carbons (Fsp3) is 1.00. The largest absolute Gasteiger partial charge is 0.356 e. The maximum atomic E-state index is 6.57. The average Bonchev–Trinajstić information content (AvgIpc) is 2.77. The molecule has 2 aliphatic rings. The van der Waals surface area contributed by atoms with Crippen LogP contribution in [0.15, 0.2) is 0 Å². The maximum absolute atomic E-state index is 6.57. The molecule has 0 N–H and O–H groups in total. The second-order valence-corrected chi connectivity index (χ2v) is 9.66. The van der Waals surface area contributed by atoms with E-state index in [9.17, 15) is 0 Å². The van der Waals surface area contributed by atoms with Gasteiger partial charge >= 0.3 is 0 Å². The van der Waals surface area contributed by atoms with E-state index >= 15 is 0 Å². The Morgan fingerprint density at radius 2 is 1.17 bits per heavy atom. The fourth-order valence-corrected chi connectivity index (χ4v) is 6.63. The van der Waals surface area contributed by atoms with Gasteiger partial charge in [-0.05, 0) is 42.9 Å². The topological polar surface area (TPSA) is 36.9 Å². The SMILES string of the molecule is CCCC1O[C@@H](OCC2O[C@@H](OC)C(CC)C(CC)[C@H]2CC)C(CC)C(CC)[C@H]1C. The van der Waals surface area contributed by atoms with Gasteiger partial charge in [0.1, 0.15) is 0 Å². The Morgan fingerprint density at radius 1 is 0.633 bits per heavy atom. The minimum absolute atomic E-state index is 0.0813. The standard InChI is InChI=1S/C26H50O4/c1-9-15-23-17(7)18(10-2)21(13-5)26(29-23)28-16-24-20(12-4)19(11-3)22(14-6)25(27-8)30-24/h17-26H,9-16H2,1-8H3/t17-,18?,19?,20-,21?,22?,23?,24?,25-,26-/m1/s1. The Labute approximate surface area is 186 Å². The molecule has 0 radical (unpaired) electrons. The summed E-state index contributed by atoms with van der Waals surface area (Å²) in [5, 5.41) is 0. The van der Waals surface area contributed by atoms with Gasteiger partial charge in [0.2, 0.25) is 0 Å². The van der Waals surface area contributed by atoms with E-state index in [2.05, 4.69) is 48.5 Å². The average molecular weight is 427 g/mol. The van der Waals surface area contributed by atoms with Crippen molar-refractivity contribution in [2.75, 3.05) is 13.7 Å². The molecule has 0 amide bonds. The third-order valence-electron chi connectivity index (χ3n) is 8.29. The van der Waals surface area contributed by atoms with Gasteiger partial charge in [-0.25, -0.2) is 0 Å². The molecule has 0 aromatic rings. The number of rotatable bonds is 11. The van der Waals surface area contributed by atoms with Crippen LogP contribution in [0, 0.1) is 35.5 Å². The van der Waals surface area contributed by atoms with Crippen LogP contribution in [0.2, 0.25) is 0 Å². The van der Waals surface area contributed by atoms with E-state index in [4.69, 9.17) is 18.9 Å². The molecule has 0 spiro atoms. The zero-order valence-electron chi connectivity index (χ0n) is 21.1. The summed E-state index contributed by atoms with van der Waals surface area (Å²) in [5.74, 6) is 3.33. The van der Waals surface area contributed by atoms with Crippen LogP contribution in [-0.2, 0) is 18.9 Å². The minimum atomic E-state index is -0.123. The van der Waals surface area contributed by atoms with Gasteiger partial charge in [0.15, 0.2) is 12.6 Å². The van der Waals surface area contributed by atoms with Crippen LogP contribution < -0.4 is 0 Å². The molecule has 0 aromatic carbocycles. The van der Waals surface area contributed by atoms with Gasteiger partial charge < -0.3 is 18.9 Å². The Morgan fingerprint density at radius 3 is 1.67 bits per heavy atom. The molecular weight excluding hydrogens is 376 g/mol. The highest BCUT2D eigenvalue weighted by molar-refractivity contribution is 4.89. The summed E-state index contributed by atoms with van der Waals surface area (Å²) in [4.78, 5) is 0. The lowest BCUT2D eigenvalue weighted by Crippen LogP contribution is -2.52. The summed E-state index contributed by atoms with van der Waals surface area (Å²) in [7, 11) is 1.78. The summed E-state index contributed by atoms with van der Waals surface area (Å²) in [6.07, 6.45) is 8.11. The van der Waals surface area contributed by atoms with E-state index < -0.39 is 0 Å². The number of ether oxygens (including phenoxy) is 4. The minimum Gasteiger partial charge on any atom is -0.356 e. The van der Waals surface area contributed by atoms with Crippen LogP contribution in [0.25, 0.3) is 0 Å². The van der Waals surface area contributed by atoms with Gasteiger partial charge in [-0.1, -0.05) is 74.1 Å². The number of methoxy groups -OCH3 is 1. The van der Waals surface area contributed by atoms with Crippen molar-refractivity contribution in [1.82, 2.24) is 0 Å². The lowest BCUT2D eigenvalue weighted by Gasteiger charge is -2.48. The smallest absolute Gasteiger partial charge is 0.161 e. The van der Waals surface area contributed by atoms with Gasteiger partial charge in [-0.2, -0.15) is 0 Å². The van der Waals surface area contributed by atoms with Crippen LogP contribution in [0.5, 0.6) is 0 Å². The van der Waals surface area contributed by atoms with Crippen LogP contribution >= 0.6 is 0 Å². The second kappa shape index (κ2) is 12.8. The molecule has 2 rings (SSSR count). The van der Waals surface area contributed by atoms with Gasteiger partial charge in [-0.3, -0.25) is 0 Å². The molecule has 0 aliphatic carbocycles. The van der Waals surface area contributed by atoms with Crippen LogP contribution in [-0.4, -0.2) is 38.5 Å². The van der Waals surface area contributed by atoms with Gasteiger partial charge in [0, 0.05) is 18.9 Å². The lowest BCUT2D eigenvalue weighted by atomic mass is 9.72. The lowest BCUT2D eigenvalue weighted by molar-refractivity contribution is -0.293. The molecule has 178 valence electrons. The maximum Gasteiger partial charge on any atom is 0.161 e.